The van der Waals surface area contributed by atoms with Crippen LogP contribution in [0.1, 0.15) is 45.0 Å². The van der Waals surface area contributed by atoms with Crippen molar-refractivity contribution in [3.05, 3.63) is 53.5 Å². The van der Waals surface area contributed by atoms with Crippen LogP contribution >= 0.6 is 0 Å². The van der Waals surface area contributed by atoms with Crippen molar-refractivity contribution in [2.75, 3.05) is 6.54 Å². The molecule has 1 unspecified atom stereocenters. The van der Waals surface area contributed by atoms with Gasteiger partial charge in [-0.15, -0.1) is 0 Å². The molecule has 0 aliphatic carbocycles. The first-order chi connectivity index (χ1) is 12.0. The molecule has 3 rings (SSSR count). The number of hydrogen-bond donors (Lipinski definition) is 1. The molecule has 1 N–H and O–H groups in total. The SMILES string of the molecule is C/C=C(\C)C(=O)N1CCCCC1c1ncc(-c2ccc(F)c(F)c2)[nH]1. The lowest BCUT2D eigenvalue weighted by Crippen LogP contribution is -2.39. The normalized spacial score (nSPS) is 18.5. The minimum Gasteiger partial charge on any atom is -0.340 e. The summed E-state index contributed by atoms with van der Waals surface area (Å²) in [4.78, 5) is 22.0. The number of imidazole rings is 1. The van der Waals surface area contributed by atoms with E-state index in [2.05, 4.69) is 9.97 Å². The van der Waals surface area contributed by atoms with E-state index in [9.17, 15) is 13.6 Å². The van der Waals surface area contributed by atoms with Crippen molar-refractivity contribution >= 4 is 5.91 Å². The summed E-state index contributed by atoms with van der Waals surface area (Å²) in [6, 6.07) is 3.61. The fourth-order valence-electron chi connectivity index (χ4n) is 3.13. The second kappa shape index (κ2) is 7.17. The molecule has 25 heavy (non-hydrogen) atoms. The Balaban J connectivity index is 1.89. The lowest BCUT2D eigenvalue weighted by molar-refractivity contribution is -0.131. The predicted molar refractivity (Wildman–Crippen MR) is 91.7 cm³/mol. The molecule has 0 spiro atoms. The van der Waals surface area contributed by atoms with Gasteiger partial charge in [-0.1, -0.05) is 6.08 Å². The van der Waals surface area contributed by atoms with Gasteiger partial charge in [0.05, 0.1) is 17.9 Å². The molecule has 1 aliphatic heterocycles. The molecule has 1 aromatic heterocycles. The number of piperidine rings is 1. The van der Waals surface area contributed by atoms with Crippen molar-refractivity contribution in [1.82, 2.24) is 14.9 Å². The quantitative estimate of drug-likeness (QED) is 0.840. The van der Waals surface area contributed by atoms with E-state index < -0.39 is 11.6 Å². The zero-order chi connectivity index (χ0) is 18.0. The molecule has 0 radical (unpaired) electrons. The highest BCUT2D eigenvalue weighted by atomic mass is 19.2. The Morgan fingerprint density at radius 3 is 2.84 bits per heavy atom. The highest BCUT2D eigenvalue weighted by molar-refractivity contribution is 5.93. The summed E-state index contributed by atoms with van der Waals surface area (Å²) in [5.41, 5.74) is 1.84. The van der Waals surface area contributed by atoms with Crippen molar-refractivity contribution in [2.45, 2.75) is 39.2 Å². The van der Waals surface area contributed by atoms with Crippen molar-refractivity contribution in [3.8, 4) is 11.3 Å². The van der Waals surface area contributed by atoms with Crippen LogP contribution in [0.2, 0.25) is 0 Å². The minimum atomic E-state index is -0.896. The molecule has 1 amide bonds. The molecule has 1 aliphatic rings. The second-order valence-electron chi connectivity index (χ2n) is 6.29. The van der Waals surface area contributed by atoms with E-state index in [-0.39, 0.29) is 11.9 Å². The number of aromatic amines is 1. The maximum atomic E-state index is 13.5. The zero-order valence-electron chi connectivity index (χ0n) is 14.4. The molecule has 4 nitrogen and oxygen atoms in total. The van der Waals surface area contributed by atoms with E-state index in [1.165, 1.54) is 6.07 Å². The number of nitrogens with one attached hydrogen (secondary N) is 1. The van der Waals surface area contributed by atoms with E-state index in [0.717, 1.165) is 31.4 Å². The molecular formula is C19H21F2N3O. The smallest absolute Gasteiger partial charge is 0.249 e. The van der Waals surface area contributed by atoms with Crippen LogP contribution in [0.15, 0.2) is 36.0 Å². The summed E-state index contributed by atoms with van der Waals surface area (Å²) in [6.07, 6.45) is 6.22. The molecule has 1 atom stereocenters. The molecule has 1 fully saturated rings. The van der Waals surface area contributed by atoms with Gasteiger partial charge in [0.15, 0.2) is 11.6 Å². The summed E-state index contributed by atoms with van der Waals surface area (Å²) in [6.45, 7) is 4.35. The molecule has 2 heterocycles. The Labute approximate surface area is 145 Å². The van der Waals surface area contributed by atoms with Gasteiger partial charge in [-0.3, -0.25) is 4.79 Å². The maximum absolute atomic E-state index is 13.5. The van der Waals surface area contributed by atoms with Gasteiger partial charge in [-0.25, -0.2) is 13.8 Å². The lowest BCUT2D eigenvalue weighted by Gasteiger charge is -2.34. The van der Waals surface area contributed by atoms with Gasteiger partial charge in [0.1, 0.15) is 5.82 Å². The van der Waals surface area contributed by atoms with E-state index in [1.54, 1.807) is 6.20 Å². The van der Waals surface area contributed by atoms with Crippen molar-refractivity contribution in [3.63, 3.8) is 0 Å². The summed E-state index contributed by atoms with van der Waals surface area (Å²) in [5.74, 6) is -1.09. The third-order valence-corrected chi connectivity index (χ3v) is 4.68. The number of carbonyl (C=O) groups excluding carboxylic acids is 1. The number of allylic oxidation sites excluding steroid dienone is 1. The van der Waals surface area contributed by atoms with Gasteiger partial charge in [0.25, 0.3) is 0 Å². The van der Waals surface area contributed by atoms with Crippen molar-refractivity contribution < 1.29 is 13.6 Å². The average molecular weight is 345 g/mol. The van der Waals surface area contributed by atoms with Gasteiger partial charge < -0.3 is 9.88 Å². The second-order valence-corrected chi connectivity index (χ2v) is 6.29. The zero-order valence-corrected chi connectivity index (χ0v) is 14.4. The number of hydrogen-bond acceptors (Lipinski definition) is 2. The number of likely N-dealkylation sites (tertiary alicyclic amines) is 1. The number of halogens is 2. The molecular weight excluding hydrogens is 324 g/mol. The average Bonchev–Trinajstić information content (AvgIpc) is 3.12. The van der Waals surface area contributed by atoms with Gasteiger partial charge >= 0.3 is 0 Å². The van der Waals surface area contributed by atoms with Crippen LogP contribution < -0.4 is 0 Å². The Bertz CT molecular complexity index is 813. The van der Waals surface area contributed by atoms with Crippen molar-refractivity contribution in [1.29, 1.82) is 0 Å². The van der Waals surface area contributed by atoms with E-state index in [4.69, 9.17) is 0 Å². The fraction of sp³-hybridized carbons (Fsp3) is 0.368. The van der Waals surface area contributed by atoms with Gasteiger partial charge in [0.2, 0.25) is 5.91 Å². The number of carbonyl (C=O) groups is 1. The van der Waals surface area contributed by atoms with Crippen LogP contribution in [-0.4, -0.2) is 27.3 Å². The number of nitrogens with zero attached hydrogens (tertiary/aromatic N) is 2. The highest BCUT2D eigenvalue weighted by Crippen LogP contribution is 2.31. The molecule has 1 saturated heterocycles. The van der Waals surface area contributed by atoms with E-state index in [1.807, 2.05) is 24.8 Å². The number of benzene rings is 1. The van der Waals surface area contributed by atoms with Gasteiger partial charge in [0, 0.05) is 17.7 Å². The molecule has 2 aromatic rings. The van der Waals surface area contributed by atoms with Crippen molar-refractivity contribution in [2.24, 2.45) is 0 Å². The summed E-state index contributed by atoms with van der Waals surface area (Å²) < 4.78 is 26.6. The Morgan fingerprint density at radius 2 is 2.12 bits per heavy atom. The maximum Gasteiger partial charge on any atom is 0.249 e. The van der Waals surface area contributed by atoms with Crippen LogP contribution in [0.4, 0.5) is 8.78 Å². The fourth-order valence-corrected chi connectivity index (χ4v) is 3.13. The highest BCUT2D eigenvalue weighted by Gasteiger charge is 2.30. The van der Waals surface area contributed by atoms with Crippen LogP contribution in [0, 0.1) is 11.6 Å². The first kappa shape index (κ1) is 17.3. The minimum absolute atomic E-state index is 0.0120. The Hall–Kier alpha value is -2.50. The number of amides is 1. The first-order valence-electron chi connectivity index (χ1n) is 8.45. The largest absolute Gasteiger partial charge is 0.340 e. The Kier molecular flexibility index (Phi) is 4.97. The third kappa shape index (κ3) is 3.48. The topological polar surface area (TPSA) is 49.0 Å². The van der Waals surface area contributed by atoms with E-state index in [0.29, 0.717) is 29.2 Å². The van der Waals surface area contributed by atoms with Gasteiger partial charge in [-0.05, 0) is 51.3 Å². The van der Waals surface area contributed by atoms with Gasteiger partial charge in [-0.2, -0.15) is 0 Å². The monoisotopic (exact) mass is 345 g/mol. The summed E-state index contributed by atoms with van der Waals surface area (Å²) in [7, 11) is 0. The predicted octanol–water partition coefficient (Wildman–Crippen LogP) is 4.37. The van der Waals surface area contributed by atoms with Crippen LogP contribution in [0.3, 0.4) is 0 Å². The van der Waals surface area contributed by atoms with E-state index >= 15 is 0 Å². The molecule has 6 heteroatoms. The Morgan fingerprint density at radius 1 is 1.32 bits per heavy atom. The van der Waals surface area contributed by atoms with Crippen LogP contribution in [0.5, 0.6) is 0 Å². The van der Waals surface area contributed by atoms with Crippen LogP contribution in [-0.2, 0) is 4.79 Å². The molecule has 0 saturated carbocycles. The molecule has 0 bridgehead atoms. The molecule has 1 aromatic carbocycles. The summed E-state index contributed by atoms with van der Waals surface area (Å²) >= 11 is 0. The number of aromatic nitrogens is 2. The summed E-state index contributed by atoms with van der Waals surface area (Å²) in [5, 5.41) is 0. The standard InChI is InChI=1S/C19H21F2N3O/c1-3-12(2)19(25)24-9-5-4-6-17(24)18-22-11-16(23-18)13-7-8-14(20)15(21)10-13/h3,7-8,10-11,17H,4-6,9H2,1-2H3,(H,22,23)/b12-3+. The van der Waals surface area contributed by atoms with Crippen LogP contribution in [0.25, 0.3) is 11.3 Å². The number of H-pyrrole nitrogens is 1. The lowest BCUT2D eigenvalue weighted by atomic mass is 10.0. The molecule has 132 valence electrons. The first-order valence-corrected chi connectivity index (χ1v) is 8.45. The number of rotatable bonds is 3. The third-order valence-electron chi connectivity index (χ3n) is 4.68.